The Morgan fingerprint density at radius 2 is 1.83 bits per heavy atom. The second-order valence-corrected chi connectivity index (χ2v) is 6.83. The Morgan fingerprint density at radius 3 is 2.38 bits per heavy atom. The maximum atomic E-state index is 12.6. The van der Waals surface area contributed by atoms with E-state index >= 15 is 0 Å². The summed E-state index contributed by atoms with van der Waals surface area (Å²) in [5.41, 5.74) is 2.17. The first-order valence-electron chi connectivity index (χ1n) is 8.41. The number of nitrogens with zero attached hydrogens (tertiary/aromatic N) is 1. The summed E-state index contributed by atoms with van der Waals surface area (Å²) < 4.78 is 0. The third kappa shape index (κ3) is 4.28. The van der Waals surface area contributed by atoms with Crippen molar-refractivity contribution >= 4 is 24.2 Å². The normalized spacial score (nSPS) is 19.0. The first kappa shape index (κ1) is 18.7. The molecule has 24 heavy (non-hydrogen) atoms. The first-order valence-corrected chi connectivity index (χ1v) is 8.41. The largest absolute Gasteiger partial charge is 0.352 e. The van der Waals surface area contributed by atoms with Gasteiger partial charge in [0.25, 0.3) is 5.91 Å². The average Bonchev–Trinajstić information content (AvgIpc) is 3.02. The zero-order chi connectivity index (χ0) is 16.3. The molecule has 0 aromatic heterocycles. The molecule has 0 bridgehead atoms. The Balaban J connectivity index is 0.00000208. The van der Waals surface area contributed by atoms with Gasteiger partial charge in [-0.3, -0.25) is 9.59 Å². The van der Waals surface area contributed by atoms with Gasteiger partial charge in [-0.25, -0.2) is 0 Å². The fraction of sp³-hybridized carbons (Fsp3) is 0.556. The van der Waals surface area contributed by atoms with Gasteiger partial charge in [-0.1, -0.05) is 12.1 Å². The van der Waals surface area contributed by atoms with Gasteiger partial charge < -0.3 is 15.5 Å². The van der Waals surface area contributed by atoms with Crippen molar-refractivity contribution in [3.63, 3.8) is 0 Å². The number of amides is 2. The van der Waals surface area contributed by atoms with Crippen LogP contribution in [0.5, 0.6) is 0 Å². The molecule has 0 atom stereocenters. The molecule has 2 aliphatic rings. The van der Waals surface area contributed by atoms with Crippen LogP contribution in [0.3, 0.4) is 0 Å². The van der Waals surface area contributed by atoms with Gasteiger partial charge in [-0.2, -0.15) is 0 Å². The van der Waals surface area contributed by atoms with Crippen molar-refractivity contribution in [3.8, 4) is 0 Å². The molecule has 2 N–H and O–H groups in total. The zero-order valence-electron chi connectivity index (χ0n) is 14.1. The molecule has 2 heterocycles. The molecule has 2 saturated heterocycles. The highest BCUT2D eigenvalue weighted by atomic mass is 35.5. The van der Waals surface area contributed by atoms with Gasteiger partial charge in [0.1, 0.15) is 0 Å². The van der Waals surface area contributed by atoms with E-state index < -0.39 is 0 Å². The lowest BCUT2D eigenvalue weighted by atomic mass is 9.78. The number of hydrogen-bond donors (Lipinski definition) is 2. The molecule has 1 spiro atoms. The van der Waals surface area contributed by atoms with Crippen LogP contribution in [0.4, 0.5) is 0 Å². The second kappa shape index (κ2) is 7.99. The molecule has 2 aliphatic heterocycles. The van der Waals surface area contributed by atoms with Crippen molar-refractivity contribution in [1.82, 2.24) is 15.5 Å². The summed E-state index contributed by atoms with van der Waals surface area (Å²) in [6, 6.07) is 7.55. The first-order chi connectivity index (χ1) is 11.1. The Morgan fingerprint density at radius 1 is 1.17 bits per heavy atom. The summed E-state index contributed by atoms with van der Waals surface area (Å²) in [5.74, 6) is 0.0747. The van der Waals surface area contributed by atoms with Crippen molar-refractivity contribution in [2.45, 2.75) is 32.7 Å². The molecular weight excluding hydrogens is 326 g/mol. The molecule has 1 aromatic carbocycles. The van der Waals surface area contributed by atoms with E-state index in [1.54, 1.807) is 0 Å². The van der Waals surface area contributed by atoms with E-state index in [0.29, 0.717) is 12.0 Å². The van der Waals surface area contributed by atoms with Crippen LogP contribution in [0.15, 0.2) is 24.3 Å². The molecule has 0 radical (unpaired) electrons. The quantitative estimate of drug-likeness (QED) is 0.875. The smallest absolute Gasteiger partial charge is 0.253 e. The van der Waals surface area contributed by atoms with E-state index in [1.807, 2.05) is 29.2 Å². The molecular formula is C18H26ClN3O2. The predicted molar refractivity (Wildman–Crippen MR) is 96.3 cm³/mol. The Kier molecular flexibility index (Phi) is 6.24. The van der Waals surface area contributed by atoms with Crippen molar-refractivity contribution in [1.29, 1.82) is 0 Å². The molecule has 0 aliphatic carbocycles. The maximum absolute atomic E-state index is 12.6. The molecule has 0 unspecified atom stereocenters. The van der Waals surface area contributed by atoms with E-state index in [9.17, 15) is 9.59 Å². The van der Waals surface area contributed by atoms with Crippen LogP contribution in [-0.4, -0.2) is 42.9 Å². The monoisotopic (exact) mass is 351 g/mol. The summed E-state index contributed by atoms with van der Waals surface area (Å²) in [6.07, 6.45) is 3.45. The summed E-state index contributed by atoms with van der Waals surface area (Å²) >= 11 is 0. The Hall–Kier alpha value is -1.59. The van der Waals surface area contributed by atoms with Gasteiger partial charge in [0.2, 0.25) is 5.91 Å². The highest BCUT2D eigenvalue weighted by Gasteiger charge is 2.38. The minimum atomic E-state index is -0.0474. The number of benzene rings is 1. The molecule has 132 valence electrons. The van der Waals surface area contributed by atoms with Gasteiger partial charge in [0, 0.05) is 38.7 Å². The number of nitrogens with one attached hydrogen (secondary N) is 2. The highest BCUT2D eigenvalue weighted by Crippen LogP contribution is 2.37. The predicted octanol–water partition coefficient (Wildman–Crippen LogP) is 1.96. The minimum Gasteiger partial charge on any atom is -0.352 e. The number of piperidine rings is 1. The van der Waals surface area contributed by atoms with Crippen LogP contribution in [0, 0.1) is 5.41 Å². The molecule has 6 heteroatoms. The molecule has 1 aromatic rings. The third-order valence-corrected chi connectivity index (χ3v) is 5.19. The summed E-state index contributed by atoms with van der Waals surface area (Å²) in [6.45, 7) is 5.93. The van der Waals surface area contributed by atoms with E-state index in [-0.39, 0.29) is 24.2 Å². The number of hydrogen-bond acceptors (Lipinski definition) is 3. The van der Waals surface area contributed by atoms with Crippen molar-refractivity contribution in [2.24, 2.45) is 5.41 Å². The van der Waals surface area contributed by atoms with Gasteiger partial charge in [0.15, 0.2) is 0 Å². The summed E-state index contributed by atoms with van der Waals surface area (Å²) in [5, 5.41) is 6.21. The number of carbonyl (C=O) groups is 2. The topological polar surface area (TPSA) is 61.4 Å². The van der Waals surface area contributed by atoms with Crippen LogP contribution >= 0.6 is 12.4 Å². The van der Waals surface area contributed by atoms with Crippen LogP contribution < -0.4 is 10.6 Å². The van der Waals surface area contributed by atoms with Gasteiger partial charge >= 0.3 is 0 Å². The molecule has 2 amide bonds. The van der Waals surface area contributed by atoms with Crippen LogP contribution in [-0.2, 0) is 11.3 Å². The summed E-state index contributed by atoms with van der Waals surface area (Å²) in [7, 11) is 0. The van der Waals surface area contributed by atoms with Crippen molar-refractivity contribution in [2.75, 3.05) is 26.2 Å². The van der Waals surface area contributed by atoms with Gasteiger partial charge in [-0.15, -0.1) is 12.4 Å². The second-order valence-electron chi connectivity index (χ2n) is 6.83. The highest BCUT2D eigenvalue weighted by molar-refractivity contribution is 5.94. The maximum Gasteiger partial charge on any atom is 0.253 e. The fourth-order valence-corrected chi connectivity index (χ4v) is 3.58. The van der Waals surface area contributed by atoms with Crippen molar-refractivity contribution < 1.29 is 9.59 Å². The summed E-state index contributed by atoms with van der Waals surface area (Å²) in [4.78, 5) is 25.5. The number of carbonyl (C=O) groups excluding carboxylic acids is 2. The molecule has 0 saturated carbocycles. The standard InChI is InChI=1S/C18H25N3O2.ClH/c1-14(22)20-12-15-2-4-16(5-3-15)17(23)21-10-7-18(8-11-21)6-9-19-13-18;/h2-5,19H,6-13H2,1H3,(H,20,22);1H. The average molecular weight is 352 g/mol. The van der Waals surface area contributed by atoms with E-state index in [2.05, 4.69) is 10.6 Å². The van der Waals surface area contributed by atoms with E-state index in [0.717, 1.165) is 50.1 Å². The number of halogens is 1. The van der Waals surface area contributed by atoms with E-state index in [1.165, 1.54) is 13.3 Å². The molecule has 5 nitrogen and oxygen atoms in total. The van der Waals surface area contributed by atoms with E-state index in [4.69, 9.17) is 0 Å². The number of likely N-dealkylation sites (tertiary alicyclic amines) is 1. The molecule has 3 rings (SSSR count). The molecule has 2 fully saturated rings. The fourth-order valence-electron chi connectivity index (χ4n) is 3.58. The van der Waals surface area contributed by atoms with Crippen LogP contribution in [0.25, 0.3) is 0 Å². The van der Waals surface area contributed by atoms with Crippen LogP contribution in [0.1, 0.15) is 42.1 Å². The number of rotatable bonds is 3. The SMILES string of the molecule is CC(=O)NCc1ccc(C(=O)N2CCC3(CCNC3)CC2)cc1.Cl. The van der Waals surface area contributed by atoms with Gasteiger partial charge in [-0.05, 0) is 48.9 Å². The Labute approximate surface area is 149 Å². The lowest BCUT2D eigenvalue weighted by Gasteiger charge is -2.38. The minimum absolute atomic E-state index is 0. The van der Waals surface area contributed by atoms with Crippen LogP contribution in [0.2, 0.25) is 0 Å². The van der Waals surface area contributed by atoms with Crippen molar-refractivity contribution in [3.05, 3.63) is 35.4 Å². The lowest BCUT2D eigenvalue weighted by molar-refractivity contribution is -0.119. The Bertz CT molecular complexity index is 572. The third-order valence-electron chi connectivity index (χ3n) is 5.19. The zero-order valence-corrected chi connectivity index (χ0v) is 15.0. The van der Waals surface area contributed by atoms with Gasteiger partial charge in [0.05, 0.1) is 0 Å². The lowest BCUT2D eigenvalue weighted by Crippen LogP contribution is -2.44.